The number of nitrogens with zero attached hydrogens (tertiary/aromatic N) is 4. The van der Waals surface area contributed by atoms with Gasteiger partial charge in [0.15, 0.2) is 0 Å². The summed E-state index contributed by atoms with van der Waals surface area (Å²) in [5.74, 6) is 0.265. The molecule has 2 saturated heterocycles. The lowest BCUT2D eigenvalue weighted by Crippen LogP contribution is -2.55. The standard InChI is InChI=1S/C23H36N4O/c1-18(2)25-12-14-26(15-13-25)21-8-10-24(11-9-21)17-23(28)27-19(3)16-20-6-4-5-7-22(20)27/h4-7,18-19,21H,8-17H2,1-3H3. The van der Waals surface area contributed by atoms with E-state index in [0.29, 0.717) is 18.6 Å². The minimum Gasteiger partial charge on any atom is -0.308 e. The van der Waals surface area contributed by atoms with Crippen LogP contribution in [0.25, 0.3) is 0 Å². The Balaban J connectivity index is 1.27. The molecule has 0 aromatic heterocycles. The molecule has 0 saturated carbocycles. The monoisotopic (exact) mass is 384 g/mol. The lowest BCUT2D eigenvalue weighted by molar-refractivity contribution is -0.120. The normalized spacial score (nSPS) is 25.4. The smallest absolute Gasteiger partial charge is 0.241 e. The van der Waals surface area contributed by atoms with Crippen LogP contribution in [0.5, 0.6) is 0 Å². The minimum absolute atomic E-state index is 0.265. The van der Waals surface area contributed by atoms with Gasteiger partial charge in [-0.1, -0.05) is 18.2 Å². The van der Waals surface area contributed by atoms with Gasteiger partial charge in [0.25, 0.3) is 0 Å². The number of likely N-dealkylation sites (tertiary alicyclic amines) is 1. The summed E-state index contributed by atoms with van der Waals surface area (Å²) in [7, 11) is 0. The zero-order valence-corrected chi connectivity index (χ0v) is 17.8. The van der Waals surface area contributed by atoms with Crippen molar-refractivity contribution in [2.24, 2.45) is 0 Å². The van der Waals surface area contributed by atoms with Gasteiger partial charge >= 0.3 is 0 Å². The Morgan fingerprint density at radius 2 is 1.71 bits per heavy atom. The van der Waals surface area contributed by atoms with Crippen LogP contribution in [-0.4, -0.2) is 84.5 Å². The van der Waals surface area contributed by atoms with E-state index in [4.69, 9.17) is 0 Å². The molecule has 2 fully saturated rings. The number of anilines is 1. The van der Waals surface area contributed by atoms with E-state index in [0.717, 1.165) is 25.2 Å². The minimum atomic E-state index is 0.265. The third kappa shape index (κ3) is 4.12. The highest BCUT2D eigenvalue weighted by Crippen LogP contribution is 2.32. The van der Waals surface area contributed by atoms with Crippen molar-refractivity contribution in [2.75, 3.05) is 50.7 Å². The molecule has 1 aromatic rings. The van der Waals surface area contributed by atoms with E-state index in [1.54, 1.807) is 0 Å². The van der Waals surface area contributed by atoms with Crippen LogP contribution in [0.4, 0.5) is 5.69 Å². The molecule has 0 bridgehead atoms. The third-order valence-electron chi connectivity index (χ3n) is 6.99. The molecule has 1 aromatic carbocycles. The number of benzene rings is 1. The lowest BCUT2D eigenvalue weighted by Gasteiger charge is -2.43. The van der Waals surface area contributed by atoms with Crippen molar-refractivity contribution in [1.82, 2.24) is 14.7 Å². The van der Waals surface area contributed by atoms with Gasteiger partial charge in [-0.05, 0) is 51.7 Å². The highest BCUT2D eigenvalue weighted by molar-refractivity contribution is 5.97. The second-order valence-electron chi connectivity index (χ2n) is 9.12. The van der Waals surface area contributed by atoms with E-state index in [2.05, 4.69) is 53.7 Å². The van der Waals surface area contributed by atoms with E-state index < -0.39 is 0 Å². The molecule has 3 aliphatic rings. The highest BCUT2D eigenvalue weighted by atomic mass is 16.2. The molecule has 1 unspecified atom stereocenters. The van der Waals surface area contributed by atoms with Crippen molar-refractivity contribution in [3.05, 3.63) is 29.8 Å². The summed E-state index contributed by atoms with van der Waals surface area (Å²) in [5, 5.41) is 0. The van der Waals surface area contributed by atoms with Crippen molar-refractivity contribution in [3.8, 4) is 0 Å². The van der Waals surface area contributed by atoms with Crippen molar-refractivity contribution >= 4 is 11.6 Å². The van der Waals surface area contributed by atoms with E-state index in [1.807, 2.05) is 11.0 Å². The first-order chi connectivity index (χ1) is 13.5. The Hall–Kier alpha value is -1.43. The maximum atomic E-state index is 13.0. The molecular formula is C23H36N4O. The molecule has 3 heterocycles. The van der Waals surface area contributed by atoms with Crippen molar-refractivity contribution < 1.29 is 4.79 Å². The molecule has 154 valence electrons. The fourth-order valence-corrected chi connectivity index (χ4v) is 5.27. The van der Waals surface area contributed by atoms with Crippen LogP contribution in [0, 0.1) is 0 Å². The summed E-state index contributed by atoms with van der Waals surface area (Å²) in [6, 6.07) is 10.0. The SMILES string of the molecule is CC(C)N1CCN(C2CCN(CC(=O)N3c4ccccc4CC3C)CC2)CC1. The number of amides is 1. The molecule has 1 amide bonds. The van der Waals surface area contributed by atoms with Crippen LogP contribution in [0.1, 0.15) is 39.2 Å². The summed E-state index contributed by atoms with van der Waals surface area (Å²) in [6.45, 7) is 14.2. The predicted molar refractivity (Wildman–Crippen MR) is 115 cm³/mol. The zero-order chi connectivity index (χ0) is 19.7. The first-order valence-electron chi connectivity index (χ1n) is 11.1. The Morgan fingerprint density at radius 3 is 2.39 bits per heavy atom. The Labute approximate surface area is 170 Å². The van der Waals surface area contributed by atoms with Gasteiger partial charge in [0.05, 0.1) is 6.54 Å². The summed E-state index contributed by atoms with van der Waals surface area (Å²) < 4.78 is 0. The van der Waals surface area contributed by atoms with Crippen molar-refractivity contribution in [3.63, 3.8) is 0 Å². The third-order valence-corrected chi connectivity index (χ3v) is 6.99. The number of piperidine rings is 1. The molecule has 5 nitrogen and oxygen atoms in total. The van der Waals surface area contributed by atoms with Gasteiger partial charge in [0, 0.05) is 63.1 Å². The van der Waals surface area contributed by atoms with Gasteiger partial charge in [0.1, 0.15) is 0 Å². The van der Waals surface area contributed by atoms with Gasteiger partial charge in [0.2, 0.25) is 5.91 Å². The molecule has 0 aliphatic carbocycles. The maximum absolute atomic E-state index is 13.0. The topological polar surface area (TPSA) is 30.0 Å². The van der Waals surface area contributed by atoms with E-state index in [9.17, 15) is 4.79 Å². The first-order valence-corrected chi connectivity index (χ1v) is 11.1. The number of rotatable bonds is 4. The molecule has 0 radical (unpaired) electrons. The maximum Gasteiger partial charge on any atom is 0.241 e. The molecule has 5 heteroatoms. The van der Waals surface area contributed by atoms with Crippen LogP contribution in [0.15, 0.2) is 24.3 Å². The molecule has 28 heavy (non-hydrogen) atoms. The number of carbonyl (C=O) groups is 1. The van der Waals surface area contributed by atoms with E-state index in [-0.39, 0.29) is 11.9 Å². The molecule has 0 N–H and O–H groups in total. The fourth-order valence-electron chi connectivity index (χ4n) is 5.27. The van der Waals surface area contributed by atoms with E-state index in [1.165, 1.54) is 44.6 Å². The van der Waals surface area contributed by atoms with Crippen molar-refractivity contribution in [1.29, 1.82) is 0 Å². The molecule has 1 atom stereocenters. The van der Waals surface area contributed by atoms with Crippen LogP contribution < -0.4 is 4.90 Å². The van der Waals surface area contributed by atoms with Crippen LogP contribution in [-0.2, 0) is 11.2 Å². The number of hydrogen-bond acceptors (Lipinski definition) is 4. The van der Waals surface area contributed by atoms with Crippen molar-refractivity contribution in [2.45, 2.75) is 58.2 Å². The zero-order valence-electron chi connectivity index (χ0n) is 17.8. The summed E-state index contributed by atoms with van der Waals surface area (Å²) in [4.78, 5) is 22.7. The quantitative estimate of drug-likeness (QED) is 0.798. The van der Waals surface area contributed by atoms with E-state index >= 15 is 0 Å². The van der Waals surface area contributed by atoms with Gasteiger partial charge in [-0.2, -0.15) is 0 Å². The molecule has 4 rings (SSSR count). The number of carbonyl (C=O) groups excluding carboxylic acids is 1. The largest absolute Gasteiger partial charge is 0.308 e. The predicted octanol–water partition coefficient (Wildman–Crippen LogP) is 2.45. The Bertz CT molecular complexity index is 675. The molecule has 3 aliphatic heterocycles. The van der Waals surface area contributed by atoms with Crippen LogP contribution >= 0.6 is 0 Å². The summed E-state index contributed by atoms with van der Waals surface area (Å²) in [5.41, 5.74) is 2.43. The number of fused-ring (bicyclic) bond motifs is 1. The van der Waals surface area contributed by atoms with Gasteiger partial charge in [-0.25, -0.2) is 0 Å². The summed E-state index contributed by atoms with van der Waals surface area (Å²) in [6.07, 6.45) is 3.37. The lowest BCUT2D eigenvalue weighted by atomic mass is 10.0. The van der Waals surface area contributed by atoms with Gasteiger partial charge in [-0.15, -0.1) is 0 Å². The first kappa shape index (κ1) is 19.9. The molecular weight excluding hydrogens is 348 g/mol. The van der Waals surface area contributed by atoms with Gasteiger partial charge < -0.3 is 4.90 Å². The number of piperazine rings is 1. The highest BCUT2D eigenvalue weighted by Gasteiger charge is 2.33. The second kappa shape index (κ2) is 8.52. The fraction of sp³-hybridized carbons (Fsp3) is 0.696. The second-order valence-corrected chi connectivity index (χ2v) is 9.12. The average Bonchev–Trinajstić information content (AvgIpc) is 3.04. The number of para-hydroxylation sites is 1. The van der Waals surface area contributed by atoms with Gasteiger partial charge in [-0.3, -0.25) is 19.5 Å². The Morgan fingerprint density at radius 1 is 1.04 bits per heavy atom. The molecule has 0 spiro atoms. The number of hydrogen-bond donors (Lipinski definition) is 0. The Kier molecular flexibility index (Phi) is 6.04. The summed E-state index contributed by atoms with van der Waals surface area (Å²) >= 11 is 0. The van der Waals surface area contributed by atoms with Crippen LogP contribution in [0.3, 0.4) is 0 Å². The average molecular weight is 385 g/mol. The van der Waals surface area contributed by atoms with Crippen LogP contribution in [0.2, 0.25) is 0 Å².